The summed E-state index contributed by atoms with van der Waals surface area (Å²) in [5.74, 6) is 0.676. The zero-order valence-electron chi connectivity index (χ0n) is 15.6. The van der Waals surface area contributed by atoms with Gasteiger partial charge in [-0.25, -0.2) is 0 Å². The second kappa shape index (κ2) is 8.76. The highest BCUT2D eigenvalue weighted by molar-refractivity contribution is 5.92. The monoisotopic (exact) mass is 353 g/mol. The molecule has 6 nitrogen and oxygen atoms in total. The summed E-state index contributed by atoms with van der Waals surface area (Å²) >= 11 is 0. The van der Waals surface area contributed by atoms with E-state index in [1.165, 1.54) is 5.56 Å². The van der Waals surface area contributed by atoms with Crippen LogP contribution in [0, 0.1) is 0 Å². The third-order valence-electron chi connectivity index (χ3n) is 4.80. The van der Waals surface area contributed by atoms with Gasteiger partial charge in [-0.3, -0.25) is 9.69 Å². The summed E-state index contributed by atoms with van der Waals surface area (Å²) in [5, 5.41) is 11.5. The summed E-state index contributed by atoms with van der Waals surface area (Å²) < 4.78 is 0. The number of hydrogen-bond donors (Lipinski definition) is 1. The molecule has 1 aliphatic heterocycles. The molecule has 0 bridgehead atoms. The summed E-state index contributed by atoms with van der Waals surface area (Å²) in [6.07, 6.45) is 1.01. The van der Waals surface area contributed by atoms with Gasteiger partial charge < -0.3 is 10.2 Å². The van der Waals surface area contributed by atoms with Crippen LogP contribution >= 0.6 is 0 Å². The van der Waals surface area contributed by atoms with Gasteiger partial charge in [-0.2, -0.15) is 0 Å². The lowest BCUT2D eigenvalue weighted by Crippen LogP contribution is -2.48. The first kappa shape index (κ1) is 18.3. The number of rotatable bonds is 6. The van der Waals surface area contributed by atoms with Crippen molar-refractivity contribution < 1.29 is 4.79 Å². The lowest BCUT2D eigenvalue weighted by atomic mass is 10.2. The summed E-state index contributed by atoms with van der Waals surface area (Å²) in [5.41, 5.74) is 1.72. The molecule has 1 unspecified atom stereocenters. The van der Waals surface area contributed by atoms with E-state index in [-0.39, 0.29) is 5.91 Å². The lowest BCUT2D eigenvalue weighted by molar-refractivity contribution is 0.0621. The van der Waals surface area contributed by atoms with Crippen molar-refractivity contribution in [2.45, 2.75) is 32.9 Å². The molecule has 3 rings (SSSR count). The smallest absolute Gasteiger partial charge is 0.274 e. The van der Waals surface area contributed by atoms with Gasteiger partial charge in [-0.05, 0) is 31.0 Å². The number of nitrogens with zero attached hydrogens (tertiary/aromatic N) is 4. The molecule has 1 amide bonds. The molecule has 0 radical (unpaired) electrons. The zero-order chi connectivity index (χ0) is 18.4. The predicted octanol–water partition coefficient (Wildman–Crippen LogP) is 2.65. The lowest BCUT2D eigenvalue weighted by Gasteiger charge is -2.34. The molecular weight excluding hydrogens is 326 g/mol. The van der Waals surface area contributed by atoms with Crippen LogP contribution < -0.4 is 5.32 Å². The maximum atomic E-state index is 12.6. The Morgan fingerprint density at radius 3 is 2.42 bits per heavy atom. The highest BCUT2D eigenvalue weighted by Crippen LogP contribution is 2.12. The molecule has 1 atom stereocenters. The van der Waals surface area contributed by atoms with Gasteiger partial charge in [0.15, 0.2) is 5.69 Å². The second-order valence-corrected chi connectivity index (χ2v) is 6.81. The van der Waals surface area contributed by atoms with Crippen LogP contribution in [-0.4, -0.2) is 58.1 Å². The highest BCUT2D eigenvalue weighted by Gasteiger charge is 2.23. The predicted molar refractivity (Wildman–Crippen MR) is 103 cm³/mol. The molecule has 2 heterocycles. The molecule has 1 aromatic carbocycles. The number of amides is 1. The molecule has 0 aliphatic carbocycles. The largest absolute Gasteiger partial charge is 0.366 e. The van der Waals surface area contributed by atoms with E-state index >= 15 is 0 Å². The topological polar surface area (TPSA) is 61.4 Å². The van der Waals surface area contributed by atoms with E-state index in [1.54, 1.807) is 6.07 Å². The number of benzene rings is 1. The van der Waals surface area contributed by atoms with Crippen LogP contribution in [0.2, 0.25) is 0 Å². The Balaban J connectivity index is 1.51. The number of piperazine rings is 1. The molecule has 1 aromatic heterocycles. The van der Waals surface area contributed by atoms with Crippen LogP contribution in [0.1, 0.15) is 36.3 Å². The molecule has 26 heavy (non-hydrogen) atoms. The number of carbonyl (C=O) groups excluding carboxylic acids is 1. The van der Waals surface area contributed by atoms with E-state index in [2.05, 4.69) is 58.5 Å². The van der Waals surface area contributed by atoms with Crippen molar-refractivity contribution in [1.29, 1.82) is 0 Å². The maximum absolute atomic E-state index is 12.6. The molecule has 1 fully saturated rings. The summed E-state index contributed by atoms with van der Waals surface area (Å²) in [4.78, 5) is 16.9. The van der Waals surface area contributed by atoms with Crippen LogP contribution in [0.25, 0.3) is 0 Å². The van der Waals surface area contributed by atoms with Crippen LogP contribution in [-0.2, 0) is 6.54 Å². The average molecular weight is 353 g/mol. The minimum atomic E-state index is -0.0352. The first-order chi connectivity index (χ1) is 12.7. The fourth-order valence-electron chi connectivity index (χ4n) is 2.99. The molecular formula is C20H27N5O. The number of hydrogen-bond acceptors (Lipinski definition) is 5. The van der Waals surface area contributed by atoms with Crippen LogP contribution in [0.15, 0.2) is 42.5 Å². The van der Waals surface area contributed by atoms with Crippen molar-refractivity contribution in [3.8, 4) is 0 Å². The summed E-state index contributed by atoms with van der Waals surface area (Å²) in [6, 6.07) is 14.4. The number of carbonyl (C=O) groups is 1. The zero-order valence-corrected chi connectivity index (χ0v) is 15.6. The molecule has 138 valence electrons. The minimum Gasteiger partial charge on any atom is -0.366 e. The molecule has 1 aliphatic rings. The third kappa shape index (κ3) is 4.79. The number of aromatic nitrogens is 2. The van der Waals surface area contributed by atoms with E-state index < -0.39 is 0 Å². The molecule has 1 N–H and O–H groups in total. The van der Waals surface area contributed by atoms with Gasteiger partial charge in [0.1, 0.15) is 5.82 Å². The van der Waals surface area contributed by atoms with E-state index in [1.807, 2.05) is 17.0 Å². The van der Waals surface area contributed by atoms with E-state index in [0.29, 0.717) is 17.6 Å². The Morgan fingerprint density at radius 2 is 1.81 bits per heavy atom. The first-order valence-electron chi connectivity index (χ1n) is 9.31. The van der Waals surface area contributed by atoms with Gasteiger partial charge in [0.2, 0.25) is 0 Å². The average Bonchev–Trinajstić information content (AvgIpc) is 2.69. The normalized spacial score (nSPS) is 16.3. The van der Waals surface area contributed by atoms with Gasteiger partial charge in [0.05, 0.1) is 0 Å². The van der Waals surface area contributed by atoms with Crippen molar-refractivity contribution in [3.63, 3.8) is 0 Å². The molecule has 6 heteroatoms. The first-order valence-corrected chi connectivity index (χ1v) is 9.31. The fraction of sp³-hybridized carbons (Fsp3) is 0.450. The van der Waals surface area contributed by atoms with E-state index in [4.69, 9.17) is 0 Å². The van der Waals surface area contributed by atoms with Crippen LogP contribution in [0.3, 0.4) is 0 Å². The second-order valence-electron chi connectivity index (χ2n) is 6.81. The van der Waals surface area contributed by atoms with E-state index in [0.717, 1.165) is 39.1 Å². The van der Waals surface area contributed by atoms with Crippen LogP contribution in [0.5, 0.6) is 0 Å². The standard InChI is InChI=1S/C20H27N5O/c1-3-16(2)21-19-10-9-18(22-23-19)20(26)25-13-11-24(12-14-25)15-17-7-5-4-6-8-17/h4-10,16H,3,11-15H2,1-2H3,(H,21,23). The Bertz CT molecular complexity index is 696. The van der Waals surface area contributed by atoms with Crippen molar-refractivity contribution in [2.75, 3.05) is 31.5 Å². The molecule has 0 saturated carbocycles. The minimum absolute atomic E-state index is 0.0352. The van der Waals surface area contributed by atoms with E-state index in [9.17, 15) is 4.79 Å². The Kier molecular flexibility index (Phi) is 6.17. The SMILES string of the molecule is CCC(C)Nc1ccc(C(=O)N2CCN(Cc3ccccc3)CC2)nn1. The maximum Gasteiger partial charge on any atom is 0.274 e. The Hall–Kier alpha value is -2.47. The highest BCUT2D eigenvalue weighted by atomic mass is 16.2. The Labute approximate surface area is 155 Å². The van der Waals surface area contributed by atoms with Gasteiger partial charge in [0, 0.05) is 38.8 Å². The summed E-state index contributed by atoms with van der Waals surface area (Å²) in [6.45, 7) is 8.33. The van der Waals surface area contributed by atoms with Crippen molar-refractivity contribution in [3.05, 3.63) is 53.7 Å². The van der Waals surface area contributed by atoms with Crippen molar-refractivity contribution in [1.82, 2.24) is 20.0 Å². The van der Waals surface area contributed by atoms with Crippen LogP contribution in [0.4, 0.5) is 5.82 Å². The van der Waals surface area contributed by atoms with Gasteiger partial charge in [-0.15, -0.1) is 10.2 Å². The quantitative estimate of drug-likeness (QED) is 0.865. The van der Waals surface area contributed by atoms with Crippen molar-refractivity contribution >= 4 is 11.7 Å². The van der Waals surface area contributed by atoms with Gasteiger partial charge in [0.25, 0.3) is 5.91 Å². The Morgan fingerprint density at radius 1 is 1.08 bits per heavy atom. The molecule has 0 spiro atoms. The van der Waals surface area contributed by atoms with Gasteiger partial charge >= 0.3 is 0 Å². The summed E-state index contributed by atoms with van der Waals surface area (Å²) in [7, 11) is 0. The number of anilines is 1. The van der Waals surface area contributed by atoms with Crippen molar-refractivity contribution in [2.24, 2.45) is 0 Å². The van der Waals surface area contributed by atoms with Gasteiger partial charge in [-0.1, -0.05) is 37.3 Å². The fourth-order valence-corrected chi connectivity index (χ4v) is 2.99. The third-order valence-corrected chi connectivity index (χ3v) is 4.80. The number of nitrogens with one attached hydrogen (secondary N) is 1. The molecule has 1 saturated heterocycles. The molecule has 2 aromatic rings.